The van der Waals surface area contributed by atoms with Crippen LogP contribution < -0.4 is 0 Å². The second kappa shape index (κ2) is 7.92. The smallest absolute Gasteiger partial charge is 0.236 e. The average molecular weight is 379 g/mol. The summed E-state index contributed by atoms with van der Waals surface area (Å²) < 4.78 is 26.8. The lowest BCUT2D eigenvalue weighted by Crippen LogP contribution is -2.45. The van der Waals surface area contributed by atoms with Gasteiger partial charge >= 0.3 is 0 Å². The SMILES string of the molecule is CCN(C)C(=O)CN1CCC2(CC1)CC(=O)N(Cc1cc(F)cc(F)c1)C2. The minimum atomic E-state index is -0.624. The number of amides is 2. The first kappa shape index (κ1) is 19.7. The molecule has 0 bridgehead atoms. The molecule has 27 heavy (non-hydrogen) atoms. The topological polar surface area (TPSA) is 43.9 Å². The number of likely N-dealkylation sites (tertiary alicyclic amines) is 2. The van der Waals surface area contributed by atoms with Crippen molar-refractivity contribution in [2.24, 2.45) is 5.41 Å². The average Bonchev–Trinajstić information content (AvgIpc) is 2.90. The van der Waals surface area contributed by atoms with Crippen molar-refractivity contribution in [3.8, 4) is 0 Å². The molecule has 5 nitrogen and oxygen atoms in total. The Morgan fingerprint density at radius 1 is 1.19 bits per heavy atom. The molecule has 0 N–H and O–H groups in total. The van der Waals surface area contributed by atoms with Gasteiger partial charge in [-0.2, -0.15) is 0 Å². The lowest BCUT2D eigenvalue weighted by Gasteiger charge is -2.38. The van der Waals surface area contributed by atoms with Crippen LogP contribution in [0, 0.1) is 17.0 Å². The highest BCUT2D eigenvalue weighted by atomic mass is 19.1. The number of carbonyl (C=O) groups excluding carboxylic acids is 2. The zero-order valence-corrected chi connectivity index (χ0v) is 16.0. The quantitative estimate of drug-likeness (QED) is 0.788. The van der Waals surface area contributed by atoms with Gasteiger partial charge in [0.15, 0.2) is 0 Å². The van der Waals surface area contributed by atoms with E-state index in [1.54, 1.807) is 16.8 Å². The number of rotatable bonds is 5. The molecule has 0 saturated carbocycles. The van der Waals surface area contributed by atoms with E-state index < -0.39 is 11.6 Å². The normalized spacial score (nSPS) is 19.7. The first-order chi connectivity index (χ1) is 12.8. The molecule has 0 atom stereocenters. The van der Waals surface area contributed by atoms with Gasteiger partial charge < -0.3 is 9.80 Å². The van der Waals surface area contributed by atoms with Crippen LogP contribution in [0.5, 0.6) is 0 Å². The monoisotopic (exact) mass is 379 g/mol. The van der Waals surface area contributed by atoms with Gasteiger partial charge in [0, 0.05) is 39.2 Å². The summed E-state index contributed by atoms with van der Waals surface area (Å²) in [5.41, 5.74) is 0.391. The highest BCUT2D eigenvalue weighted by Crippen LogP contribution is 2.41. The summed E-state index contributed by atoms with van der Waals surface area (Å²) >= 11 is 0. The zero-order valence-electron chi connectivity index (χ0n) is 16.0. The summed E-state index contributed by atoms with van der Waals surface area (Å²) in [6.45, 7) is 5.49. The van der Waals surface area contributed by atoms with Gasteiger partial charge in [0.05, 0.1) is 6.54 Å². The van der Waals surface area contributed by atoms with Crippen molar-refractivity contribution in [1.82, 2.24) is 14.7 Å². The number of hydrogen-bond acceptors (Lipinski definition) is 3. The maximum absolute atomic E-state index is 13.4. The van der Waals surface area contributed by atoms with Crippen molar-refractivity contribution in [2.75, 3.05) is 39.8 Å². The molecule has 3 rings (SSSR count). The van der Waals surface area contributed by atoms with Crippen LogP contribution in [0.25, 0.3) is 0 Å². The number of carbonyl (C=O) groups is 2. The lowest BCUT2D eigenvalue weighted by molar-refractivity contribution is -0.131. The fourth-order valence-electron chi connectivity index (χ4n) is 4.06. The lowest BCUT2D eigenvalue weighted by atomic mass is 9.77. The van der Waals surface area contributed by atoms with Gasteiger partial charge in [-0.1, -0.05) is 0 Å². The van der Waals surface area contributed by atoms with Gasteiger partial charge in [-0.3, -0.25) is 14.5 Å². The molecule has 0 aliphatic carbocycles. The highest BCUT2D eigenvalue weighted by molar-refractivity contribution is 5.79. The maximum atomic E-state index is 13.4. The molecule has 2 aliphatic rings. The Hall–Kier alpha value is -2.02. The Bertz CT molecular complexity index is 697. The van der Waals surface area contributed by atoms with E-state index >= 15 is 0 Å². The number of hydrogen-bond donors (Lipinski definition) is 0. The van der Waals surface area contributed by atoms with Crippen molar-refractivity contribution >= 4 is 11.8 Å². The Morgan fingerprint density at radius 3 is 2.41 bits per heavy atom. The molecular formula is C20H27F2N3O2. The standard InChI is InChI=1S/C20H27F2N3O2/c1-3-23(2)19(27)13-24-6-4-20(5-7-24)11-18(26)25(14-20)12-15-8-16(21)10-17(22)9-15/h8-10H,3-7,11-14H2,1-2H3. The minimum absolute atomic E-state index is 0.0370. The Kier molecular flexibility index (Phi) is 5.79. The van der Waals surface area contributed by atoms with Gasteiger partial charge in [0.1, 0.15) is 11.6 Å². The summed E-state index contributed by atoms with van der Waals surface area (Å²) in [4.78, 5) is 30.1. The van der Waals surface area contributed by atoms with E-state index in [0.717, 1.165) is 32.0 Å². The van der Waals surface area contributed by atoms with Crippen LogP contribution in [-0.4, -0.2) is 66.3 Å². The van der Waals surface area contributed by atoms with Gasteiger partial charge in [-0.25, -0.2) is 8.78 Å². The molecule has 7 heteroatoms. The second-order valence-corrected chi connectivity index (χ2v) is 7.89. The predicted molar refractivity (Wildman–Crippen MR) is 97.8 cm³/mol. The maximum Gasteiger partial charge on any atom is 0.236 e. The van der Waals surface area contributed by atoms with Crippen LogP contribution in [0.2, 0.25) is 0 Å². The van der Waals surface area contributed by atoms with Gasteiger partial charge in [0.2, 0.25) is 11.8 Å². The number of benzene rings is 1. The third-order valence-electron chi connectivity index (χ3n) is 5.88. The molecular weight excluding hydrogens is 352 g/mol. The van der Waals surface area contributed by atoms with Gasteiger partial charge in [0.25, 0.3) is 0 Å². The molecule has 0 unspecified atom stereocenters. The molecule has 148 valence electrons. The van der Waals surface area contributed by atoms with Crippen molar-refractivity contribution in [3.63, 3.8) is 0 Å². The summed E-state index contributed by atoms with van der Waals surface area (Å²) in [6.07, 6.45) is 2.19. The molecule has 0 radical (unpaired) electrons. The molecule has 1 aromatic rings. The predicted octanol–water partition coefficient (Wildman–Crippen LogP) is 2.26. The Balaban J connectivity index is 1.57. The van der Waals surface area contributed by atoms with Crippen molar-refractivity contribution in [2.45, 2.75) is 32.7 Å². The van der Waals surface area contributed by atoms with E-state index in [9.17, 15) is 18.4 Å². The second-order valence-electron chi connectivity index (χ2n) is 7.89. The Morgan fingerprint density at radius 2 is 1.81 bits per heavy atom. The summed E-state index contributed by atoms with van der Waals surface area (Å²) in [7, 11) is 1.80. The molecule has 0 aromatic heterocycles. The van der Waals surface area contributed by atoms with E-state index in [0.29, 0.717) is 31.6 Å². The highest BCUT2D eigenvalue weighted by Gasteiger charge is 2.44. The number of piperidine rings is 1. The summed E-state index contributed by atoms with van der Waals surface area (Å²) in [6, 6.07) is 3.39. The van der Waals surface area contributed by atoms with Crippen molar-refractivity contribution in [3.05, 3.63) is 35.4 Å². The van der Waals surface area contributed by atoms with Crippen molar-refractivity contribution < 1.29 is 18.4 Å². The molecule has 2 heterocycles. The van der Waals surface area contributed by atoms with E-state index in [4.69, 9.17) is 0 Å². The number of likely N-dealkylation sites (N-methyl/N-ethyl adjacent to an activating group) is 1. The molecule has 2 aliphatic heterocycles. The minimum Gasteiger partial charge on any atom is -0.345 e. The fourth-order valence-corrected chi connectivity index (χ4v) is 4.06. The van der Waals surface area contributed by atoms with Crippen LogP contribution in [0.15, 0.2) is 18.2 Å². The fraction of sp³-hybridized carbons (Fsp3) is 0.600. The van der Waals surface area contributed by atoms with Gasteiger partial charge in [-0.15, -0.1) is 0 Å². The molecule has 2 saturated heterocycles. The van der Waals surface area contributed by atoms with Crippen LogP contribution in [0.3, 0.4) is 0 Å². The van der Waals surface area contributed by atoms with E-state index in [2.05, 4.69) is 4.90 Å². The molecule has 1 spiro atoms. The largest absolute Gasteiger partial charge is 0.345 e. The van der Waals surface area contributed by atoms with Crippen molar-refractivity contribution in [1.29, 1.82) is 0 Å². The van der Waals surface area contributed by atoms with Crippen LogP contribution in [0.4, 0.5) is 8.78 Å². The summed E-state index contributed by atoms with van der Waals surface area (Å²) in [5.74, 6) is -1.09. The molecule has 1 aromatic carbocycles. The first-order valence-corrected chi connectivity index (χ1v) is 9.49. The van der Waals surface area contributed by atoms with Crippen LogP contribution >= 0.6 is 0 Å². The molecule has 2 fully saturated rings. The van der Waals surface area contributed by atoms with Crippen LogP contribution in [-0.2, 0) is 16.1 Å². The summed E-state index contributed by atoms with van der Waals surface area (Å²) in [5, 5.41) is 0. The van der Waals surface area contributed by atoms with Gasteiger partial charge in [-0.05, 0) is 56.0 Å². The zero-order chi connectivity index (χ0) is 19.6. The molecule has 2 amide bonds. The number of halogens is 2. The third-order valence-corrected chi connectivity index (χ3v) is 5.88. The van der Waals surface area contributed by atoms with E-state index in [1.807, 2.05) is 6.92 Å². The third kappa shape index (κ3) is 4.64. The first-order valence-electron chi connectivity index (χ1n) is 9.49. The van der Waals surface area contributed by atoms with E-state index in [1.165, 1.54) is 12.1 Å². The van der Waals surface area contributed by atoms with E-state index in [-0.39, 0.29) is 23.8 Å². The Labute approximate surface area is 158 Å². The van der Waals surface area contributed by atoms with Crippen LogP contribution in [0.1, 0.15) is 31.7 Å². The number of nitrogens with zero attached hydrogens (tertiary/aromatic N) is 3.